The lowest BCUT2D eigenvalue weighted by Crippen LogP contribution is -2.44. The first-order chi connectivity index (χ1) is 12.2. The number of hydrogen-bond donors (Lipinski definition) is 2. The predicted molar refractivity (Wildman–Crippen MR) is 102 cm³/mol. The van der Waals surface area contributed by atoms with Gasteiger partial charge >= 0.3 is 6.03 Å². The molecule has 2 saturated heterocycles. The van der Waals surface area contributed by atoms with Gasteiger partial charge in [0.05, 0.1) is 0 Å². The summed E-state index contributed by atoms with van der Waals surface area (Å²) in [5.74, 6) is 1.40. The van der Waals surface area contributed by atoms with E-state index >= 15 is 0 Å². The first-order valence-electron chi connectivity index (χ1n) is 9.29. The Morgan fingerprint density at radius 1 is 1.08 bits per heavy atom. The van der Waals surface area contributed by atoms with Crippen LogP contribution in [0, 0.1) is 11.8 Å². The van der Waals surface area contributed by atoms with Crippen molar-refractivity contribution in [2.45, 2.75) is 19.4 Å². The lowest BCUT2D eigenvalue weighted by molar-refractivity contribution is -0.130. The molecule has 0 aliphatic carbocycles. The molecule has 1 aromatic rings. The van der Waals surface area contributed by atoms with Crippen LogP contribution in [-0.4, -0.2) is 61.0 Å². The maximum atomic E-state index is 12.4. The molecule has 142 valence electrons. The summed E-state index contributed by atoms with van der Waals surface area (Å²) < 4.78 is 0. The first-order valence-corrected chi connectivity index (χ1v) is 9.29. The van der Waals surface area contributed by atoms with Gasteiger partial charge in [0.2, 0.25) is 5.91 Å². The van der Waals surface area contributed by atoms with Gasteiger partial charge in [0.25, 0.3) is 0 Å². The highest BCUT2D eigenvalue weighted by molar-refractivity contribution is 5.85. The molecule has 3 aliphatic heterocycles. The lowest BCUT2D eigenvalue weighted by atomic mass is 10.0. The number of rotatable bonds is 3. The number of fused-ring (bicyclic) bond motifs is 2. The molecular formula is C19H27ClN4O2. The Bertz CT molecular complexity index is 657. The van der Waals surface area contributed by atoms with Crippen molar-refractivity contribution in [1.29, 1.82) is 0 Å². The van der Waals surface area contributed by atoms with E-state index in [1.54, 1.807) is 0 Å². The number of hydrogen-bond acceptors (Lipinski definition) is 3. The van der Waals surface area contributed by atoms with Gasteiger partial charge in [-0.05, 0) is 29.4 Å². The highest BCUT2D eigenvalue weighted by atomic mass is 35.5. The van der Waals surface area contributed by atoms with Crippen LogP contribution in [0.3, 0.4) is 0 Å². The summed E-state index contributed by atoms with van der Waals surface area (Å²) in [7, 11) is 0. The summed E-state index contributed by atoms with van der Waals surface area (Å²) in [5, 5.41) is 6.30. The van der Waals surface area contributed by atoms with Crippen molar-refractivity contribution in [3.63, 3.8) is 0 Å². The van der Waals surface area contributed by atoms with E-state index in [0.29, 0.717) is 31.3 Å². The van der Waals surface area contributed by atoms with Crippen molar-refractivity contribution >= 4 is 24.3 Å². The normalized spacial score (nSPS) is 23.8. The Hall–Kier alpha value is -1.79. The highest BCUT2D eigenvalue weighted by Gasteiger charge is 2.37. The van der Waals surface area contributed by atoms with Crippen LogP contribution >= 0.6 is 12.4 Å². The molecule has 2 N–H and O–H groups in total. The topological polar surface area (TPSA) is 64.7 Å². The average Bonchev–Trinajstić information content (AvgIpc) is 3.23. The van der Waals surface area contributed by atoms with Gasteiger partial charge in [-0.2, -0.15) is 0 Å². The lowest BCUT2D eigenvalue weighted by Gasteiger charge is -2.29. The van der Waals surface area contributed by atoms with E-state index in [1.165, 1.54) is 11.1 Å². The van der Waals surface area contributed by atoms with Crippen LogP contribution in [0.5, 0.6) is 0 Å². The molecule has 0 spiro atoms. The molecule has 3 aliphatic rings. The average molecular weight is 379 g/mol. The quantitative estimate of drug-likeness (QED) is 0.831. The van der Waals surface area contributed by atoms with Gasteiger partial charge in [-0.3, -0.25) is 4.79 Å². The van der Waals surface area contributed by atoms with Gasteiger partial charge in [0.15, 0.2) is 0 Å². The second-order valence-electron chi connectivity index (χ2n) is 7.40. The number of likely N-dealkylation sites (tertiary alicyclic amines) is 1. The minimum atomic E-state index is -0.0650. The minimum Gasteiger partial charge on any atom is -0.342 e. The number of carbonyl (C=O) groups excluding carboxylic acids is 2. The third-order valence-corrected chi connectivity index (χ3v) is 5.78. The van der Waals surface area contributed by atoms with Gasteiger partial charge < -0.3 is 20.4 Å². The van der Waals surface area contributed by atoms with E-state index in [0.717, 1.165) is 39.1 Å². The summed E-state index contributed by atoms with van der Waals surface area (Å²) in [6.45, 7) is 5.60. The molecule has 0 radical (unpaired) electrons. The van der Waals surface area contributed by atoms with Crippen LogP contribution in [0.1, 0.15) is 17.5 Å². The number of urea groups is 1. The third-order valence-electron chi connectivity index (χ3n) is 5.78. The second-order valence-corrected chi connectivity index (χ2v) is 7.40. The Morgan fingerprint density at radius 2 is 1.77 bits per heavy atom. The van der Waals surface area contributed by atoms with E-state index in [1.807, 2.05) is 21.9 Å². The van der Waals surface area contributed by atoms with Crippen LogP contribution in [-0.2, 0) is 17.8 Å². The highest BCUT2D eigenvalue weighted by Crippen LogP contribution is 2.26. The fourth-order valence-electron chi connectivity index (χ4n) is 4.27. The zero-order valence-corrected chi connectivity index (χ0v) is 15.8. The number of amides is 3. The van der Waals surface area contributed by atoms with Gasteiger partial charge in [-0.25, -0.2) is 4.79 Å². The summed E-state index contributed by atoms with van der Waals surface area (Å²) >= 11 is 0. The fourth-order valence-corrected chi connectivity index (χ4v) is 4.27. The van der Waals surface area contributed by atoms with Crippen LogP contribution in [0.15, 0.2) is 24.3 Å². The number of nitrogens with zero attached hydrogens (tertiary/aromatic N) is 2. The van der Waals surface area contributed by atoms with E-state index in [9.17, 15) is 9.59 Å². The monoisotopic (exact) mass is 378 g/mol. The van der Waals surface area contributed by atoms with Crippen molar-refractivity contribution in [3.8, 4) is 0 Å². The van der Waals surface area contributed by atoms with Crippen molar-refractivity contribution < 1.29 is 9.59 Å². The second kappa shape index (κ2) is 8.27. The molecule has 2 fully saturated rings. The largest absolute Gasteiger partial charge is 0.342 e. The van der Waals surface area contributed by atoms with Gasteiger partial charge in [-0.1, -0.05) is 24.3 Å². The zero-order chi connectivity index (χ0) is 17.2. The molecule has 2 atom stereocenters. The standard InChI is InChI=1S/C19H26N4O2.ClH/c24-18(23-12-16-9-20-10-17(16)13-23)5-7-21-19(25)22-8-6-14-3-1-2-4-15(14)11-22;/h1-4,16-17,20H,5-13H2,(H,21,25);1H/t16-,17+;. The Kier molecular flexibility index (Phi) is 6.04. The zero-order valence-electron chi connectivity index (χ0n) is 14.9. The Balaban J connectivity index is 0.00000196. The molecule has 7 heteroatoms. The molecule has 3 amide bonds. The smallest absolute Gasteiger partial charge is 0.317 e. The maximum absolute atomic E-state index is 12.4. The van der Waals surface area contributed by atoms with Gasteiger partial charge in [0.1, 0.15) is 0 Å². The molecule has 0 saturated carbocycles. The SMILES string of the molecule is Cl.O=C(CCNC(=O)N1CCc2ccccc2C1)N1C[C@H]2CNC[C@H]2C1. The van der Waals surface area contributed by atoms with Crippen LogP contribution in [0.4, 0.5) is 4.79 Å². The van der Waals surface area contributed by atoms with Crippen molar-refractivity contribution in [2.24, 2.45) is 11.8 Å². The summed E-state index contributed by atoms with van der Waals surface area (Å²) in [6, 6.07) is 8.20. The summed E-state index contributed by atoms with van der Waals surface area (Å²) in [5.41, 5.74) is 2.55. The van der Waals surface area contributed by atoms with Crippen molar-refractivity contribution in [1.82, 2.24) is 20.4 Å². The van der Waals surface area contributed by atoms with E-state index in [2.05, 4.69) is 22.8 Å². The number of carbonyl (C=O) groups is 2. The molecule has 4 rings (SSSR count). The number of benzene rings is 1. The van der Waals surface area contributed by atoms with Gasteiger partial charge in [0, 0.05) is 52.2 Å². The molecule has 0 aromatic heterocycles. The van der Waals surface area contributed by atoms with Crippen LogP contribution in [0.25, 0.3) is 0 Å². The maximum Gasteiger partial charge on any atom is 0.317 e. The fraction of sp³-hybridized carbons (Fsp3) is 0.579. The van der Waals surface area contributed by atoms with Crippen LogP contribution in [0.2, 0.25) is 0 Å². The number of nitrogens with one attached hydrogen (secondary N) is 2. The van der Waals surface area contributed by atoms with E-state index in [4.69, 9.17) is 0 Å². The molecule has 1 aromatic carbocycles. The molecule has 0 bridgehead atoms. The number of halogens is 1. The Morgan fingerprint density at radius 3 is 2.50 bits per heavy atom. The molecule has 0 unspecified atom stereocenters. The van der Waals surface area contributed by atoms with E-state index < -0.39 is 0 Å². The predicted octanol–water partition coefficient (Wildman–Crippen LogP) is 1.24. The van der Waals surface area contributed by atoms with Crippen molar-refractivity contribution in [3.05, 3.63) is 35.4 Å². The van der Waals surface area contributed by atoms with Crippen molar-refractivity contribution in [2.75, 3.05) is 39.3 Å². The minimum absolute atomic E-state index is 0. The molecule has 3 heterocycles. The summed E-state index contributed by atoms with van der Waals surface area (Å²) in [6.07, 6.45) is 1.29. The first kappa shape index (κ1) is 19.0. The van der Waals surface area contributed by atoms with E-state index in [-0.39, 0.29) is 24.3 Å². The molecule has 26 heavy (non-hydrogen) atoms. The molecular weight excluding hydrogens is 352 g/mol. The third kappa shape index (κ3) is 3.96. The van der Waals surface area contributed by atoms with Crippen LogP contribution < -0.4 is 10.6 Å². The Labute approximate surface area is 160 Å². The molecule has 6 nitrogen and oxygen atoms in total. The van der Waals surface area contributed by atoms with Gasteiger partial charge in [-0.15, -0.1) is 12.4 Å². The summed E-state index contributed by atoms with van der Waals surface area (Å²) in [4.78, 5) is 28.5.